The SMILES string of the molecule is CCc1cn(COCCOC)c(=O)nc1N. The molecule has 0 saturated carbocycles. The normalized spacial score (nSPS) is 10.6. The Morgan fingerprint density at radius 3 is 2.88 bits per heavy atom. The van der Waals surface area contributed by atoms with Gasteiger partial charge in [0.15, 0.2) is 0 Å². The molecule has 0 aliphatic rings. The molecule has 0 aliphatic carbocycles. The summed E-state index contributed by atoms with van der Waals surface area (Å²) in [5, 5.41) is 0. The van der Waals surface area contributed by atoms with Gasteiger partial charge in [-0.2, -0.15) is 4.98 Å². The van der Waals surface area contributed by atoms with E-state index in [1.54, 1.807) is 13.3 Å². The summed E-state index contributed by atoms with van der Waals surface area (Å²) in [6.07, 6.45) is 2.41. The van der Waals surface area contributed by atoms with E-state index in [0.29, 0.717) is 19.0 Å². The van der Waals surface area contributed by atoms with Crippen molar-refractivity contribution in [3.63, 3.8) is 0 Å². The first kappa shape index (κ1) is 12.7. The molecule has 2 N–H and O–H groups in total. The van der Waals surface area contributed by atoms with Crippen LogP contribution in [-0.4, -0.2) is 29.9 Å². The first-order valence-electron chi connectivity index (χ1n) is 5.11. The number of anilines is 1. The maximum atomic E-state index is 11.4. The third-order valence-electron chi connectivity index (χ3n) is 2.15. The molecule has 0 atom stereocenters. The minimum Gasteiger partial charge on any atom is -0.383 e. The number of aromatic nitrogens is 2. The first-order chi connectivity index (χ1) is 7.69. The van der Waals surface area contributed by atoms with Crippen LogP contribution in [0.25, 0.3) is 0 Å². The minimum atomic E-state index is -0.396. The lowest BCUT2D eigenvalue weighted by atomic mass is 10.2. The molecule has 0 aliphatic heterocycles. The topological polar surface area (TPSA) is 79.4 Å². The maximum absolute atomic E-state index is 11.4. The molecule has 90 valence electrons. The molecule has 1 aromatic rings. The summed E-state index contributed by atoms with van der Waals surface area (Å²) in [5.74, 6) is 0.292. The zero-order chi connectivity index (χ0) is 12.0. The number of aryl methyl sites for hydroxylation is 1. The molecule has 6 heteroatoms. The van der Waals surface area contributed by atoms with Crippen molar-refractivity contribution in [3.8, 4) is 0 Å². The van der Waals surface area contributed by atoms with Gasteiger partial charge >= 0.3 is 5.69 Å². The molecule has 0 radical (unpaired) electrons. The van der Waals surface area contributed by atoms with Crippen LogP contribution in [0.5, 0.6) is 0 Å². The molecule has 0 saturated heterocycles. The summed E-state index contributed by atoms with van der Waals surface area (Å²) < 4.78 is 11.5. The van der Waals surface area contributed by atoms with Gasteiger partial charge in [-0.25, -0.2) is 4.79 Å². The lowest BCUT2D eigenvalue weighted by Crippen LogP contribution is -2.26. The highest BCUT2D eigenvalue weighted by Crippen LogP contribution is 2.05. The van der Waals surface area contributed by atoms with Gasteiger partial charge < -0.3 is 15.2 Å². The van der Waals surface area contributed by atoms with E-state index in [4.69, 9.17) is 15.2 Å². The number of ether oxygens (including phenoxy) is 2. The Balaban J connectivity index is 2.68. The molecule has 16 heavy (non-hydrogen) atoms. The molecule has 0 unspecified atom stereocenters. The van der Waals surface area contributed by atoms with Gasteiger partial charge in [-0.15, -0.1) is 0 Å². The van der Waals surface area contributed by atoms with Gasteiger partial charge in [0, 0.05) is 18.9 Å². The first-order valence-corrected chi connectivity index (χ1v) is 5.11. The summed E-state index contributed by atoms with van der Waals surface area (Å²) in [6.45, 7) is 3.06. The summed E-state index contributed by atoms with van der Waals surface area (Å²) in [6, 6.07) is 0. The quantitative estimate of drug-likeness (QED) is 0.692. The Morgan fingerprint density at radius 2 is 2.25 bits per heavy atom. The zero-order valence-electron chi connectivity index (χ0n) is 9.60. The fourth-order valence-electron chi connectivity index (χ4n) is 1.22. The van der Waals surface area contributed by atoms with Crippen LogP contribution in [0.3, 0.4) is 0 Å². The Kier molecular flexibility index (Phi) is 4.94. The van der Waals surface area contributed by atoms with E-state index in [9.17, 15) is 4.79 Å². The maximum Gasteiger partial charge on any atom is 0.351 e. The number of nitrogens with two attached hydrogens (primary N) is 1. The second kappa shape index (κ2) is 6.24. The lowest BCUT2D eigenvalue weighted by molar-refractivity contribution is 0.0320. The largest absolute Gasteiger partial charge is 0.383 e. The number of hydrogen-bond donors (Lipinski definition) is 1. The predicted molar refractivity (Wildman–Crippen MR) is 60.1 cm³/mol. The molecular weight excluding hydrogens is 210 g/mol. The van der Waals surface area contributed by atoms with E-state index in [-0.39, 0.29) is 6.73 Å². The van der Waals surface area contributed by atoms with Crippen molar-refractivity contribution in [2.24, 2.45) is 0 Å². The van der Waals surface area contributed by atoms with E-state index >= 15 is 0 Å². The summed E-state index contributed by atoms with van der Waals surface area (Å²) in [4.78, 5) is 15.1. The van der Waals surface area contributed by atoms with E-state index in [0.717, 1.165) is 12.0 Å². The summed E-state index contributed by atoms with van der Waals surface area (Å²) >= 11 is 0. The van der Waals surface area contributed by atoms with Crippen LogP contribution in [0.4, 0.5) is 5.82 Å². The third kappa shape index (κ3) is 3.32. The Hall–Kier alpha value is -1.40. The van der Waals surface area contributed by atoms with Crippen LogP contribution in [0.2, 0.25) is 0 Å². The van der Waals surface area contributed by atoms with Crippen LogP contribution < -0.4 is 11.4 Å². The van der Waals surface area contributed by atoms with Gasteiger partial charge in [0.05, 0.1) is 13.2 Å². The van der Waals surface area contributed by atoms with Crippen molar-refractivity contribution in [3.05, 3.63) is 22.2 Å². The van der Waals surface area contributed by atoms with Crippen molar-refractivity contribution >= 4 is 5.82 Å². The highest BCUT2D eigenvalue weighted by molar-refractivity contribution is 5.36. The Morgan fingerprint density at radius 1 is 1.50 bits per heavy atom. The minimum absolute atomic E-state index is 0.169. The van der Waals surface area contributed by atoms with Crippen LogP contribution in [0.1, 0.15) is 12.5 Å². The van der Waals surface area contributed by atoms with Crippen LogP contribution in [-0.2, 0) is 22.6 Å². The van der Waals surface area contributed by atoms with E-state index in [1.807, 2.05) is 6.92 Å². The fraction of sp³-hybridized carbons (Fsp3) is 0.600. The van der Waals surface area contributed by atoms with Crippen molar-refractivity contribution in [1.29, 1.82) is 0 Å². The Labute approximate surface area is 94.0 Å². The second-order valence-corrected chi connectivity index (χ2v) is 3.29. The van der Waals surface area contributed by atoms with Crippen LogP contribution >= 0.6 is 0 Å². The van der Waals surface area contributed by atoms with E-state index < -0.39 is 5.69 Å². The van der Waals surface area contributed by atoms with E-state index in [1.165, 1.54) is 4.57 Å². The van der Waals surface area contributed by atoms with E-state index in [2.05, 4.69) is 4.98 Å². The van der Waals surface area contributed by atoms with Crippen molar-refractivity contribution < 1.29 is 9.47 Å². The van der Waals surface area contributed by atoms with Gasteiger partial charge in [0.2, 0.25) is 0 Å². The number of methoxy groups -OCH3 is 1. The molecule has 0 fully saturated rings. The lowest BCUT2D eigenvalue weighted by Gasteiger charge is -2.09. The molecule has 1 aromatic heterocycles. The van der Waals surface area contributed by atoms with Crippen molar-refractivity contribution in [2.45, 2.75) is 20.1 Å². The molecular formula is C10H17N3O3. The molecule has 0 bridgehead atoms. The molecule has 0 spiro atoms. The average molecular weight is 227 g/mol. The average Bonchev–Trinajstić information content (AvgIpc) is 2.27. The number of rotatable bonds is 6. The molecule has 0 aromatic carbocycles. The zero-order valence-corrected chi connectivity index (χ0v) is 9.60. The Bertz CT molecular complexity index is 389. The monoisotopic (exact) mass is 227 g/mol. The standard InChI is InChI=1S/C10H17N3O3/c1-3-8-6-13(7-16-5-4-15-2)10(14)12-9(8)11/h6H,3-5,7H2,1-2H3,(H2,11,12,14). The third-order valence-corrected chi connectivity index (χ3v) is 2.15. The molecule has 1 heterocycles. The van der Waals surface area contributed by atoms with Crippen molar-refractivity contribution in [2.75, 3.05) is 26.1 Å². The summed E-state index contributed by atoms with van der Waals surface area (Å²) in [7, 11) is 1.59. The summed E-state index contributed by atoms with van der Waals surface area (Å²) in [5.41, 5.74) is 6.04. The number of nitrogen functional groups attached to an aromatic ring is 1. The van der Waals surface area contributed by atoms with Crippen molar-refractivity contribution in [1.82, 2.24) is 9.55 Å². The van der Waals surface area contributed by atoms with Gasteiger partial charge in [-0.05, 0) is 6.42 Å². The predicted octanol–water partition coefficient (Wildman–Crippen LogP) is 0.00840. The highest BCUT2D eigenvalue weighted by Gasteiger charge is 2.03. The van der Waals surface area contributed by atoms with Gasteiger partial charge in [-0.1, -0.05) is 6.92 Å². The van der Waals surface area contributed by atoms with Crippen LogP contribution in [0.15, 0.2) is 11.0 Å². The van der Waals surface area contributed by atoms with Crippen LogP contribution in [0, 0.1) is 0 Å². The van der Waals surface area contributed by atoms with Gasteiger partial charge in [0.1, 0.15) is 12.5 Å². The molecule has 6 nitrogen and oxygen atoms in total. The highest BCUT2D eigenvalue weighted by atomic mass is 16.5. The number of nitrogens with zero attached hydrogens (tertiary/aromatic N) is 2. The molecule has 1 rings (SSSR count). The second-order valence-electron chi connectivity index (χ2n) is 3.29. The smallest absolute Gasteiger partial charge is 0.351 e. The fourth-order valence-corrected chi connectivity index (χ4v) is 1.22. The van der Waals surface area contributed by atoms with Gasteiger partial charge in [-0.3, -0.25) is 4.57 Å². The molecule has 0 amide bonds. The number of hydrogen-bond acceptors (Lipinski definition) is 5. The van der Waals surface area contributed by atoms with Gasteiger partial charge in [0.25, 0.3) is 0 Å².